The molecular weight excluding hydrogens is 322 g/mol. The molecule has 20 heavy (non-hydrogen) atoms. The van der Waals surface area contributed by atoms with Gasteiger partial charge in [0.05, 0.1) is 7.11 Å². The molecule has 1 aromatic carbocycles. The molecule has 0 bridgehead atoms. The van der Waals surface area contributed by atoms with Gasteiger partial charge >= 0.3 is 5.97 Å². The molecular formula is C15H18BrNO3. The van der Waals surface area contributed by atoms with Crippen molar-refractivity contribution in [3.05, 3.63) is 46.0 Å². The molecule has 0 aliphatic heterocycles. The molecule has 0 aromatic heterocycles. The Morgan fingerprint density at radius 1 is 1.30 bits per heavy atom. The molecule has 0 unspecified atom stereocenters. The minimum Gasteiger partial charge on any atom is -0.467 e. The molecule has 1 atom stereocenters. The first-order valence-corrected chi connectivity index (χ1v) is 6.93. The van der Waals surface area contributed by atoms with Crippen LogP contribution in [0.25, 0.3) is 0 Å². The fourth-order valence-corrected chi connectivity index (χ4v) is 2.23. The molecule has 5 heteroatoms. The van der Waals surface area contributed by atoms with Crippen molar-refractivity contribution in [3.63, 3.8) is 0 Å². The average Bonchev–Trinajstić information content (AvgIpc) is 2.35. The highest BCUT2D eigenvalue weighted by molar-refractivity contribution is 9.11. The zero-order valence-corrected chi connectivity index (χ0v) is 13.4. The summed E-state index contributed by atoms with van der Waals surface area (Å²) >= 11 is 3.19. The normalized spacial score (nSPS) is 11.6. The number of hydrogen-bond donors (Lipinski definition) is 1. The molecule has 0 saturated heterocycles. The van der Waals surface area contributed by atoms with E-state index in [0.717, 1.165) is 11.1 Å². The van der Waals surface area contributed by atoms with Crippen molar-refractivity contribution in [1.82, 2.24) is 5.32 Å². The third kappa shape index (κ3) is 4.81. The highest BCUT2D eigenvalue weighted by Crippen LogP contribution is 2.13. The number of carbonyl (C=O) groups is 2. The average molecular weight is 340 g/mol. The largest absolute Gasteiger partial charge is 0.467 e. The molecule has 0 saturated carbocycles. The van der Waals surface area contributed by atoms with Crippen molar-refractivity contribution in [2.75, 3.05) is 7.11 Å². The van der Waals surface area contributed by atoms with Gasteiger partial charge in [0.2, 0.25) is 0 Å². The van der Waals surface area contributed by atoms with Crippen LogP contribution < -0.4 is 5.32 Å². The molecule has 1 aromatic rings. The Labute approximate surface area is 127 Å². The van der Waals surface area contributed by atoms with Crippen LogP contribution in [0.5, 0.6) is 0 Å². The highest BCUT2D eigenvalue weighted by Gasteiger charge is 2.22. The third-order valence-electron chi connectivity index (χ3n) is 2.70. The Kier molecular flexibility index (Phi) is 5.95. The van der Waals surface area contributed by atoms with E-state index in [1.165, 1.54) is 7.11 Å². The fourth-order valence-electron chi connectivity index (χ4n) is 1.90. The standard InChI is InChI=1S/C15H18BrNO3/c1-9-5-10(2)7-12(6-9)14(18)17-13(8-11(3)16)15(19)20-4/h5-7,13H,3,8H2,1-2,4H3,(H,17,18)/t13-/m0/s1. The van der Waals surface area contributed by atoms with Gasteiger partial charge in [-0.15, -0.1) is 0 Å². The van der Waals surface area contributed by atoms with Crippen LogP contribution in [-0.4, -0.2) is 25.0 Å². The minimum absolute atomic E-state index is 0.281. The summed E-state index contributed by atoms with van der Waals surface area (Å²) in [6.07, 6.45) is 0.281. The molecule has 0 radical (unpaired) electrons. The lowest BCUT2D eigenvalue weighted by Gasteiger charge is -2.16. The van der Waals surface area contributed by atoms with Crippen LogP contribution in [-0.2, 0) is 9.53 Å². The van der Waals surface area contributed by atoms with Crippen LogP contribution in [0.3, 0.4) is 0 Å². The smallest absolute Gasteiger partial charge is 0.328 e. The van der Waals surface area contributed by atoms with Gasteiger partial charge in [-0.05, 0) is 30.5 Å². The van der Waals surface area contributed by atoms with Crippen LogP contribution in [0.4, 0.5) is 0 Å². The number of hydrogen-bond acceptors (Lipinski definition) is 3. The van der Waals surface area contributed by atoms with Gasteiger partial charge in [-0.1, -0.05) is 39.7 Å². The van der Waals surface area contributed by atoms with E-state index in [1.54, 1.807) is 12.1 Å². The van der Waals surface area contributed by atoms with Gasteiger partial charge in [0.15, 0.2) is 0 Å². The number of halogens is 1. The van der Waals surface area contributed by atoms with E-state index >= 15 is 0 Å². The predicted octanol–water partition coefficient (Wildman–Crippen LogP) is 2.87. The molecule has 108 valence electrons. The van der Waals surface area contributed by atoms with Crippen molar-refractivity contribution in [2.45, 2.75) is 26.3 Å². The number of benzene rings is 1. The zero-order valence-electron chi connectivity index (χ0n) is 11.8. The Morgan fingerprint density at radius 3 is 2.30 bits per heavy atom. The first-order valence-electron chi connectivity index (χ1n) is 6.13. The van der Waals surface area contributed by atoms with E-state index in [9.17, 15) is 9.59 Å². The van der Waals surface area contributed by atoms with Gasteiger partial charge < -0.3 is 10.1 Å². The molecule has 0 heterocycles. The molecule has 1 rings (SSSR count). The minimum atomic E-state index is -0.750. The fraction of sp³-hybridized carbons (Fsp3) is 0.333. The SMILES string of the molecule is C=C(Br)C[C@H](NC(=O)c1cc(C)cc(C)c1)C(=O)OC. The number of nitrogens with one attached hydrogen (secondary N) is 1. The molecule has 1 amide bonds. The number of carbonyl (C=O) groups excluding carboxylic acids is 2. The molecule has 0 aliphatic carbocycles. The van der Waals surface area contributed by atoms with Gasteiger partial charge in [-0.3, -0.25) is 4.79 Å². The summed E-state index contributed by atoms with van der Waals surface area (Å²) in [5.41, 5.74) is 2.51. The summed E-state index contributed by atoms with van der Waals surface area (Å²) in [7, 11) is 1.29. The lowest BCUT2D eigenvalue weighted by atomic mass is 10.1. The Balaban J connectivity index is 2.89. The second kappa shape index (κ2) is 7.24. The second-order valence-electron chi connectivity index (χ2n) is 4.65. The number of esters is 1. The van der Waals surface area contributed by atoms with Gasteiger partial charge in [0.25, 0.3) is 5.91 Å². The van der Waals surface area contributed by atoms with Crippen molar-refractivity contribution >= 4 is 27.8 Å². The number of aryl methyl sites for hydroxylation is 2. The van der Waals surface area contributed by atoms with Crippen LogP contribution in [0, 0.1) is 13.8 Å². The summed E-state index contributed by atoms with van der Waals surface area (Å²) < 4.78 is 5.30. The lowest BCUT2D eigenvalue weighted by molar-refractivity contribution is -0.142. The summed E-state index contributed by atoms with van der Waals surface area (Å²) in [4.78, 5) is 23.8. The number of rotatable bonds is 5. The zero-order chi connectivity index (χ0) is 15.3. The van der Waals surface area contributed by atoms with Crippen molar-refractivity contribution < 1.29 is 14.3 Å². The Bertz CT molecular complexity index is 520. The maximum Gasteiger partial charge on any atom is 0.328 e. The molecule has 4 nitrogen and oxygen atoms in total. The van der Waals surface area contributed by atoms with Crippen LogP contribution in [0.1, 0.15) is 27.9 Å². The highest BCUT2D eigenvalue weighted by atomic mass is 79.9. The first kappa shape index (κ1) is 16.4. The maximum absolute atomic E-state index is 12.2. The molecule has 0 fully saturated rings. The summed E-state index contributed by atoms with van der Waals surface area (Å²) in [5, 5.41) is 2.67. The maximum atomic E-state index is 12.2. The van der Waals surface area contributed by atoms with Crippen LogP contribution >= 0.6 is 15.9 Å². The van der Waals surface area contributed by atoms with E-state index in [-0.39, 0.29) is 12.3 Å². The quantitative estimate of drug-likeness (QED) is 0.839. The number of amides is 1. The first-order chi connectivity index (χ1) is 9.33. The third-order valence-corrected chi connectivity index (χ3v) is 3.02. The van der Waals surface area contributed by atoms with Gasteiger partial charge in [-0.2, -0.15) is 0 Å². The molecule has 0 aliphatic rings. The topological polar surface area (TPSA) is 55.4 Å². The van der Waals surface area contributed by atoms with Crippen LogP contribution in [0.2, 0.25) is 0 Å². The van der Waals surface area contributed by atoms with Gasteiger partial charge in [0.1, 0.15) is 6.04 Å². The Hall–Kier alpha value is -1.62. The monoisotopic (exact) mass is 339 g/mol. The van der Waals surface area contributed by atoms with Crippen molar-refractivity contribution in [1.29, 1.82) is 0 Å². The number of ether oxygens (including phenoxy) is 1. The molecule has 0 spiro atoms. The van der Waals surface area contributed by atoms with E-state index in [1.807, 2.05) is 19.9 Å². The Morgan fingerprint density at radius 2 is 1.85 bits per heavy atom. The van der Waals surface area contributed by atoms with E-state index in [2.05, 4.69) is 32.6 Å². The van der Waals surface area contributed by atoms with Crippen molar-refractivity contribution in [2.24, 2.45) is 0 Å². The molecule has 1 N–H and O–H groups in total. The van der Waals surface area contributed by atoms with E-state index < -0.39 is 12.0 Å². The van der Waals surface area contributed by atoms with E-state index in [4.69, 9.17) is 0 Å². The predicted molar refractivity (Wildman–Crippen MR) is 81.9 cm³/mol. The second-order valence-corrected chi connectivity index (χ2v) is 5.77. The summed E-state index contributed by atoms with van der Waals surface area (Å²) in [5.74, 6) is -0.802. The van der Waals surface area contributed by atoms with Gasteiger partial charge in [0, 0.05) is 12.0 Å². The summed E-state index contributed by atoms with van der Waals surface area (Å²) in [6.45, 7) is 7.51. The lowest BCUT2D eigenvalue weighted by Crippen LogP contribution is -2.41. The van der Waals surface area contributed by atoms with Crippen molar-refractivity contribution in [3.8, 4) is 0 Å². The van der Waals surface area contributed by atoms with Crippen LogP contribution in [0.15, 0.2) is 29.3 Å². The summed E-state index contributed by atoms with van der Waals surface area (Å²) in [6, 6.07) is 4.79. The van der Waals surface area contributed by atoms with Gasteiger partial charge in [-0.25, -0.2) is 4.79 Å². The van der Waals surface area contributed by atoms with E-state index in [0.29, 0.717) is 10.0 Å². The number of methoxy groups -OCH3 is 1.